The lowest BCUT2D eigenvalue weighted by Crippen LogP contribution is -2.30. The van der Waals surface area contributed by atoms with Crippen molar-refractivity contribution in [3.8, 4) is 0 Å². The first-order valence-electron chi connectivity index (χ1n) is 32.1. The number of unbranched alkanes of at least 4 members (excludes halogenated alkanes) is 33. The lowest BCUT2D eigenvalue weighted by molar-refractivity contribution is -0.167. The maximum atomic E-state index is 12.9. The highest BCUT2D eigenvalue weighted by Crippen LogP contribution is 2.16. The van der Waals surface area contributed by atoms with Gasteiger partial charge in [-0.05, 0) is 116 Å². The molecule has 0 aromatic rings. The first kappa shape index (κ1) is 71.6. The van der Waals surface area contributed by atoms with Crippen LogP contribution in [0.25, 0.3) is 0 Å². The molecule has 0 aromatic carbocycles. The number of carbonyl (C=O) groups is 3. The van der Waals surface area contributed by atoms with Gasteiger partial charge in [0.25, 0.3) is 0 Å². The number of esters is 3. The van der Waals surface area contributed by atoms with Crippen molar-refractivity contribution in [3.63, 3.8) is 0 Å². The predicted octanol–water partition coefficient (Wildman–Crippen LogP) is 21.9. The maximum absolute atomic E-state index is 12.9. The monoisotopic (exact) mass is 1040 g/mol. The summed E-state index contributed by atoms with van der Waals surface area (Å²) in [7, 11) is 0. The van der Waals surface area contributed by atoms with Gasteiger partial charge in [0.2, 0.25) is 0 Å². The second-order valence-corrected chi connectivity index (χ2v) is 21.3. The van der Waals surface area contributed by atoms with Gasteiger partial charge in [-0.25, -0.2) is 0 Å². The molecule has 432 valence electrons. The van der Waals surface area contributed by atoms with E-state index in [1.807, 2.05) is 0 Å². The van der Waals surface area contributed by atoms with Crippen LogP contribution in [0.3, 0.4) is 0 Å². The molecular formula is C69H120O6. The number of hydrogen-bond acceptors (Lipinski definition) is 6. The molecule has 0 spiro atoms. The SMILES string of the molecule is CC/C=C\C/C=C\C/C=C\CCCCCC(=O)OCC(COC(=O)CCCCCCCCCCCC/C=C\C/C=C\C/C=C\CCCCCCC)OC(=O)CCCCCCCCCCC/C=C\CCCCCCCC. The molecule has 0 N–H and O–H groups in total. The van der Waals surface area contributed by atoms with Crippen molar-refractivity contribution >= 4 is 17.9 Å². The van der Waals surface area contributed by atoms with E-state index in [9.17, 15) is 14.4 Å². The summed E-state index contributed by atoms with van der Waals surface area (Å²) in [6.07, 6.45) is 83.1. The van der Waals surface area contributed by atoms with E-state index in [0.717, 1.165) is 96.3 Å². The standard InChI is InChI=1S/C69H120O6/c1-4-7-10-13-16-19-22-25-27-29-31-32-33-34-35-36-38-39-41-44-47-50-53-56-59-62-68(71)74-65-66(64-73-67(70)61-58-55-52-49-46-43-24-21-18-15-12-9-6-3)75-69(72)63-60-57-54-51-48-45-42-40-37-30-28-26-23-20-17-14-11-8-5-2/h9,12,18,21-22,25-26,28-29,31,33-34,43,46,66H,4-8,10-11,13-17,19-20,23-24,27,30,32,35-42,44-45,47-65H2,1-3H3/b12-9-,21-18-,25-22-,28-26-,31-29-,34-33-,46-43-. The summed E-state index contributed by atoms with van der Waals surface area (Å²) >= 11 is 0. The summed E-state index contributed by atoms with van der Waals surface area (Å²) in [5, 5.41) is 0. The zero-order valence-electron chi connectivity index (χ0n) is 49.6. The van der Waals surface area contributed by atoms with Crippen LogP contribution < -0.4 is 0 Å². The molecule has 0 aromatic heterocycles. The van der Waals surface area contributed by atoms with Crippen molar-refractivity contribution in [2.24, 2.45) is 0 Å². The third-order valence-electron chi connectivity index (χ3n) is 13.9. The van der Waals surface area contributed by atoms with E-state index in [0.29, 0.717) is 19.3 Å². The summed E-state index contributed by atoms with van der Waals surface area (Å²) in [5.41, 5.74) is 0. The number of ether oxygens (including phenoxy) is 3. The van der Waals surface area contributed by atoms with Gasteiger partial charge in [0.1, 0.15) is 13.2 Å². The number of rotatable bonds is 58. The lowest BCUT2D eigenvalue weighted by Gasteiger charge is -2.18. The van der Waals surface area contributed by atoms with E-state index in [-0.39, 0.29) is 31.1 Å². The van der Waals surface area contributed by atoms with Crippen molar-refractivity contribution in [2.45, 2.75) is 322 Å². The Morgan fingerprint density at radius 1 is 0.280 bits per heavy atom. The Hall–Kier alpha value is -3.41. The van der Waals surface area contributed by atoms with Crippen LogP contribution in [-0.2, 0) is 28.6 Å². The quantitative estimate of drug-likeness (QED) is 0.0261. The Morgan fingerprint density at radius 3 is 0.840 bits per heavy atom. The van der Waals surface area contributed by atoms with E-state index in [1.54, 1.807) is 0 Å². The van der Waals surface area contributed by atoms with Crippen LogP contribution in [0.5, 0.6) is 0 Å². The van der Waals surface area contributed by atoms with Crippen LogP contribution in [0.15, 0.2) is 85.1 Å². The van der Waals surface area contributed by atoms with Gasteiger partial charge in [-0.2, -0.15) is 0 Å². The van der Waals surface area contributed by atoms with Crippen LogP contribution >= 0.6 is 0 Å². The smallest absolute Gasteiger partial charge is 0.306 e. The van der Waals surface area contributed by atoms with Crippen molar-refractivity contribution in [1.29, 1.82) is 0 Å². The third-order valence-corrected chi connectivity index (χ3v) is 13.9. The minimum Gasteiger partial charge on any atom is -0.462 e. The molecule has 75 heavy (non-hydrogen) atoms. The molecule has 0 aliphatic carbocycles. The van der Waals surface area contributed by atoms with E-state index >= 15 is 0 Å². The summed E-state index contributed by atoms with van der Waals surface area (Å²) in [6.45, 7) is 6.51. The van der Waals surface area contributed by atoms with E-state index in [4.69, 9.17) is 14.2 Å². The van der Waals surface area contributed by atoms with Gasteiger partial charge < -0.3 is 14.2 Å². The fourth-order valence-corrected chi connectivity index (χ4v) is 9.05. The highest BCUT2D eigenvalue weighted by molar-refractivity contribution is 5.71. The molecule has 0 fully saturated rings. The van der Waals surface area contributed by atoms with E-state index in [1.165, 1.54) is 180 Å². The first-order valence-corrected chi connectivity index (χ1v) is 32.1. The van der Waals surface area contributed by atoms with Gasteiger partial charge >= 0.3 is 17.9 Å². The second kappa shape index (κ2) is 63.1. The van der Waals surface area contributed by atoms with Crippen LogP contribution in [0.1, 0.15) is 316 Å². The predicted molar refractivity (Wildman–Crippen MR) is 325 cm³/mol. The highest BCUT2D eigenvalue weighted by Gasteiger charge is 2.19. The maximum Gasteiger partial charge on any atom is 0.306 e. The van der Waals surface area contributed by atoms with Crippen molar-refractivity contribution in [2.75, 3.05) is 13.2 Å². The normalized spacial score (nSPS) is 12.6. The second-order valence-electron chi connectivity index (χ2n) is 21.3. The lowest BCUT2D eigenvalue weighted by atomic mass is 10.0. The Balaban J connectivity index is 4.33. The number of carbonyl (C=O) groups excluding carboxylic acids is 3. The molecule has 0 rings (SSSR count). The van der Waals surface area contributed by atoms with Gasteiger partial charge in [-0.15, -0.1) is 0 Å². The van der Waals surface area contributed by atoms with Gasteiger partial charge in [-0.1, -0.05) is 266 Å². The molecule has 0 saturated heterocycles. The highest BCUT2D eigenvalue weighted by atomic mass is 16.6. The molecule has 6 nitrogen and oxygen atoms in total. The average Bonchev–Trinajstić information content (AvgIpc) is 3.41. The molecule has 0 bridgehead atoms. The fraction of sp³-hybridized carbons (Fsp3) is 0.754. The van der Waals surface area contributed by atoms with Crippen LogP contribution in [0, 0.1) is 0 Å². The summed E-state index contributed by atoms with van der Waals surface area (Å²) in [5.74, 6) is -0.913. The molecule has 6 heteroatoms. The largest absolute Gasteiger partial charge is 0.462 e. The molecule has 0 amide bonds. The van der Waals surface area contributed by atoms with E-state index < -0.39 is 6.10 Å². The summed E-state index contributed by atoms with van der Waals surface area (Å²) < 4.78 is 16.9. The molecular weight excluding hydrogens is 925 g/mol. The third kappa shape index (κ3) is 61.3. The van der Waals surface area contributed by atoms with Gasteiger partial charge in [-0.3, -0.25) is 14.4 Å². The van der Waals surface area contributed by atoms with Crippen LogP contribution in [-0.4, -0.2) is 37.2 Å². The minimum atomic E-state index is -0.793. The molecule has 1 unspecified atom stereocenters. The van der Waals surface area contributed by atoms with Crippen molar-refractivity contribution in [1.82, 2.24) is 0 Å². The van der Waals surface area contributed by atoms with Crippen molar-refractivity contribution < 1.29 is 28.6 Å². The fourth-order valence-electron chi connectivity index (χ4n) is 9.05. The Morgan fingerprint density at radius 2 is 0.520 bits per heavy atom. The number of hydrogen-bond donors (Lipinski definition) is 0. The topological polar surface area (TPSA) is 78.9 Å². The molecule has 0 aliphatic rings. The number of allylic oxidation sites excluding steroid dienone is 14. The van der Waals surface area contributed by atoms with Crippen molar-refractivity contribution in [3.05, 3.63) is 85.1 Å². The van der Waals surface area contributed by atoms with Gasteiger partial charge in [0.05, 0.1) is 0 Å². The summed E-state index contributed by atoms with van der Waals surface area (Å²) in [4.78, 5) is 38.3. The first-order chi connectivity index (χ1) is 37.0. The summed E-state index contributed by atoms with van der Waals surface area (Å²) in [6, 6.07) is 0. The zero-order chi connectivity index (χ0) is 54.3. The van der Waals surface area contributed by atoms with Gasteiger partial charge in [0, 0.05) is 19.3 Å². The zero-order valence-corrected chi connectivity index (χ0v) is 49.6. The average molecular weight is 1050 g/mol. The van der Waals surface area contributed by atoms with Gasteiger partial charge in [0.15, 0.2) is 6.10 Å². The molecule has 1 atom stereocenters. The molecule has 0 heterocycles. The minimum absolute atomic E-state index is 0.0879. The molecule has 0 radical (unpaired) electrons. The van der Waals surface area contributed by atoms with Crippen LogP contribution in [0.2, 0.25) is 0 Å². The van der Waals surface area contributed by atoms with Crippen LogP contribution in [0.4, 0.5) is 0 Å². The Bertz CT molecular complexity index is 1430. The molecule has 0 aliphatic heterocycles. The Kier molecular flexibility index (Phi) is 60.3. The Labute approximate surface area is 465 Å². The van der Waals surface area contributed by atoms with E-state index in [2.05, 4.69) is 106 Å². The molecule has 0 saturated carbocycles.